The molecule has 6 heteroatoms. The Kier molecular flexibility index (Phi) is 3.84. The highest BCUT2D eigenvalue weighted by Gasteiger charge is 2.31. The van der Waals surface area contributed by atoms with Gasteiger partial charge in [0.05, 0.1) is 5.56 Å². The smallest absolute Gasteiger partial charge is 0.326 e. The van der Waals surface area contributed by atoms with Crippen molar-refractivity contribution in [3.8, 4) is 0 Å². The van der Waals surface area contributed by atoms with Crippen LogP contribution in [0.25, 0.3) is 0 Å². The van der Waals surface area contributed by atoms with Gasteiger partial charge in [-0.3, -0.25) is 4.90 Å². The van der Waals surface area contributed by atoms with Crippen molar-refractivity contribution in [3.05, 3.63) is 34.3 Å². The summed E-state index contributed by atoms with van der Waals surface area (Å²) in [6, 6.07) is 3.78. The summed E-state index contributed by atoms with van der Waals surface area (Å²) in [5.41, 5.74) is 5.63. The lowest BCUT2D eigenvalue weighted by molar-refractivity contribution is -0.137. The fourth-order valence-corrected chi connectivity index (χ4v) is 2.43. The zero-order valence-corrected chi connectivity index (χ0v) is 10.4. The monoisotopic (exact) mass is 278 g/mol. The third-order valence-corrected chi connectivity index (χ3v) is 3.22. The molecule has 1 fully saturated rings. The number of hydrogen-bond acceptors (Lipinski definition) is 2. The lowest BCUT2D eigenvalue weighted by Crippen LogP contribution is -2.26. The highest BCUT2D eigenvalue weighted by Crippen LogP contribution is 2.32. The van der Waals surface area contributed by atoms with Crippen LogP contribution in [-0.2, 0) is 12.7 Å². The zero-order valence-electron chi connectivity index (χ0n) is 9.67. The van der Waals surface area contributed by atoms with Gasteiger partial charge in [-0.15, -0.1) is 0 Å². The summed E-state index contributed by atoms with van der Waals surface area (Å²) in [5.74, 6) is 0. The average Bonchev–Trinajstić information content (AvgIpc) is 2.61. The molecule has 0 radical (unpaired) electrons. The molecule has 2 nitrogen and oxygen atoms in total. The van der Waals surface area contributed by atoms with E-state index in [1.807, 2.05) is 4.90 Å². The summed E-state index contributed by atoms with van der Waals surface area (Å²) in [6.45, 7) is 1.99. The van der Waals surface area contributed by atoms with Crippen LogP contribution in [0.15, 0.2) is 18.2 Å². The van der Waals surface area contributed by atoms with Crippen molar-refractivity contribution in [3.63, 3.8) is 0 Å². The lowest BCUT2D eigenvalue weighted by atomic mass is 10.1. The standard InChI is InChI=1S/C12H14ClF3N2/c13-10-4-8(3-9(5-10)12(14,15)16)6-18-2-1-11(17)7-18/h3-5,11H,1-2,6-7,17H2/t11-/m1/s1. The largest absolute Gasteiger partial charge is 0.416 e. The van der Waals surface area contributed by atoms with E-state index in [1.54, 1.807) is 6.07 Å². The summed E-state index contributed by atoms with van der Waals surface area (Å²) in [4.78, 5) is 2.04. The molecular weight excluding hydrogens is 265 g/mol. The van der Waals surface area contributed by atoms with Gasteiger partial charge in [-0.2, -0.15) is 13.2 Å². The van der Waals surface area contributed by atoms with Gasteiger partial charge in [0.1, 0.15) is 0 Å². The number of hydrogen-bond donors (Lipinski definition) is 1. The minimum Gasteiger partial charge on any atom is -0.326 e. The fourth-order valence-electron chi connectivity index (χ4n) is 2.17. The van der Waals surface area contributed by atoms with E-state index in [2.05, 4.69) is 0 Å². The maximum atomic E-state index is 12.6. The molecule has 0 aliphatic carbocycles. The van der Waals surface area contributed by atoms with Crippen molar-refractivity contribution >= 4 is 11.6 Å². The molecule has 0 spiro atoms. The van der Waals surface area contributed by atoms with E-state index in [0.29, 0.717) is 18.7 Å². The number of nitrogens with two attached hydrogens (primary N) is 1. The van der Waals surface area contributed by atoms with Gasteiger partial charge in [-0.25, -0.2) is 0 Å². The van der Waals surface area contributed by atoms with E-state index in [4.69, 9.17) is 17.3 Å². The van der Waals surface area contributed by atoms with Gasteiger partial charge in [-0.1, -0.05) is 11.6 Å². The molecule has 0 amide bonds. The predicted octanol–water partition coefficient (Wildman–Crippen LogP) is 2.89. The van der Waals surface area contributed by atoms with Gasteiger partial charge in [0.15, 0.2) is 0 Å². The van der Waals surface area contributed by atoms with Gasteiger partial charge in [0.2, 0.25) is 0 Å². The second-order valence-electron chi connectivity index (χ2n) is 4.63. The molecule has 1 aliphatic heterocycles. The van der Waals surface area contributed by atoms with Crippen molar-refractivity contribution in [2.75, 3.05) is 13.1 Å². The van der Waals surface area contributed by atoms with Crippen LogP contribution in [0.3, 0.4) is 0 Å². The number of rotatable bonds is 2. The van der Waals surface area contributed by atoms with Crippen LogP contribution in [0.5, 0.6) is 0 Å². The number of alkyl halides is 3. The van der Waals surface area contributed by atoms with Crippen LogP contribution >= 0.6 is 11.6 Å². The summed E-state index contributed by atoms with van der Waals surface area (Å²) >= 11 is 5.73. The lowest BCUT2D eigenvalue weighted by Gasteiger charge is -2.16. The Balaban J connectivity index is 2.15. The molecule has 2 rings (SSSR count). The van der Waals surface area contributed by atoms with Gasteiger partial charge in [0, 0.05) is 30.7 Å². The summed E-state index contributed by atoms with van der Waals surface area (Å²) < 4.78 is 37.9. The molecule has 1 saturated heterocycles. The van der Waals surface area contributed by atoms with Crippen LogP contribution in [0.1, 0.15) is 17.5 Å². The molecule has 1 aromatic rings. The van der Waals surface area contributed by atoms with Crippen LogP contribution in [0.4, 0.5) is 13.2 Å². The molecule has 1 atom stereocenters. The van der Waals surface area contributed by atoms with Crippen molar-refractivity contribution in [2.24, 2.45) is 5.73 Å². The van der Waals surface area contributed by atoms with Gasteiger partial charge >= 0.3 is 6.18 Å². The van der Waals surface area contributed by atoms with Crippen LogP contribution < -0.4 is 5.73 Å². The molecule has 1 aromatic carbocycles. The number of likely N-dealkylation sites (tertiary alicyclic amines) is 1. The van der Waals surface area contributed by atoms with E-state index in [-0.39, 0.29) is 11.1 Å². The Morgan fingerprint density at radius 2 is 2.06 bits per heavy atom. The average molecular weight is 279 g/mol. The molecule has 0 unspecified atom stereocenters. The van der Waals surface area contributed by atoms with Crippen LogP contribution in [-0.4, -0.2) is 24.0 Å². The fraction of sp³-hybridized carbons (Fsp3) is 0.500. The van der Waals surface area contributed by atoms with Crippen molar-refractivity contribution in [1.82, 2.24) is 4.90 Å². The molecular formula is C12H14ClF3N2. The first-order valence-electron chi connectivity index (χ1n) is 5.69. The summed E-state index contributed by atoms with van der Waals surface area (Å²) in [5, 5.41) is 0.114. The van der Waals surface area contributed by atoms with E-state index < -0.39 is 11.7 Å². The SMILES string of the molecule is N[C@@H]1CCN(Cc2cc(Cl)cc(C(F)(F)F)c2)C1. The zero-order chi connectivity index (χ0) is 13.3. The third kappa shape index (κ3) is 3.37. The minimum absolute atomic E-state index is 0.114. The minimum atomic E-state index is -4.36. The Morgan fingerprint density at radius 3 is 2.61 bits per heavy atom. The quantitative estimate of drug-likeness (QED) is 0.901. The van der Waals surface area contributed by atoms with Crippen molar-refractivity contribution in [2.45, 2.75) is 25.2 Å². The first kappa shape index (κ1) is 13.6. The maximum Gasteiger partial charge on any atom is 0.416 e. The highest BCUT2D eigenvalue weighted by molar-refractivity contribution is 6.30. The second-order valence-corrected chi connectivity index (χ2v) is 5.07. The molecule has 18 heavy (non-hydrogen) atoms. The van der Waals surface area contributed by atoms with Gasteiger partial charge in [0.25, 0.3) is 0 Å². The van der Waals surface area contributed by atoms with E-state index in [0.717, 1.165) is 25.1 Å². The topological polar surface area (TPSA) is 29.3 Å². The summed E-state index contributed by atoms with van der Waals surface area (Å²) in [6.07, 6.45) is -3.48. The van der Waals surface area contributed by atoms with Crippen molar-refractivity contribution in [1.29, 1.82) is 0 Å². The van der Waals surface area contributed by atoms with Gasteiger partial charge in [-0.05, 0) is 30.2 Å². The first-order chi connectivity index (χ1) is 8.34. The Labute approximate surface area is 109 Å². The van der Waals surface area contributed by atoms with Crippen LogP contribution in [0.2, 0.25) is 5.02 Å². The molecule has 100 valence electrons. The van der Waals surface area contributed by atoms with E-state index >= 15 is 0 Å². The van der Waals surface area contributed by atoms with E-state index in [9.17, 15) is 13.2 Å². The van der Waals surface area contributed by atoms with Gasteiger partial charge < -0.3 is 5.73 Å². The molecule has 0 aromatic heterocycles. The normalized spacial score (nSPS) is 21.5. The molecule has 2 N–H and O–H groups in total. The first-order valence-corrected chi connectivity index (χ1v) is 6.07. The molecule has 0 saturated carbocycles. The summed E-state index contributed by atoms with van der Waals surface area (Å²) in [7, 11) is 0. The van der Waals surface area contributed by atoms with E-state index in [1.165, 1.54) is 0 Å². The Hall–Kier alpha value is -0.780. The highest BCUT2D eigenvalue weighted by atomic mass is 35.5. The van der Waals surface area contributed by atoms with Crippen LogP contribution in [0, 0.1) is 0 Å². The Bertz CT molecular complexity index is 434. The number of benzene rings is 1. The van der Waals surface area contributed by atoms with Crippen molar-refractivity contribution < 1.29 is 13.2 Å². The third-order valence-electron chi connectivity index (χ3n) is 3.00. The Morgan fingerprint density at radius 1 is 1.33 bits per heavy atom. The number of halogens is 4. The second kappa shape index (κ2) is 5.07. The maximum absolute atomic E-state index is 12.6. The predicted molar refractivity (Wildman–Crippen MR) is 64.3 cm³/mol. The molecule has 0 bridgehead atoms. The number of nitrogens with zero attached hydrogens (tertiary/aromatic N) is 1. The molecule has 1 heterocycles. The molecule has 1 aliphatic rings.